The lowest BCUT2D eigenvalue weighted by Gasteiger charge is -2.10. The molecule has 0 unspecified atom stereocenters. The standard InChI is InChI=1S/C19H21Cl2NO2S/c1-13-8-17(9-14(2)19(13)21)24-11-18(23)22-6-7-25-12-15-4-3-5-16(20)10-15/h3-5,8-10H,6-7,11-12H2,1-2H3,(H,22,23). The van der Waals surface area contributed by atoms with Crippen LogP contribution < -0.4 is 10.1 Å². The Labute approximate surface area is 163 Å². The first-order valence-electron chi connectivity index (χ1n) is 7.94. The second-order valence-electron chi connectivity index (χ2n) is 5.69. The molecule has 0 aliphatic heterocycles. The van der Waals surface area contributed by atoms with E-state index < -0.39 is 0 Å². The van der Waals surface area contributed by atoms with Crippen LogP contribution in [0.15, 0.2) is 36.4 Å². The second kappa shape index (κ2) is 9.95. The Morgan fingerprint density at radius 2 is 1.88 bits per heavy atom. The highest BCUT2D eigenvalue weighted by Gasteiger charge is 2.06. The Morgan fingerprint density at radius 3 is 2.56 bits per heavy atom. The maximum Gasteiger partial charge on any atom is 0.257 e. The molecule has 2 rings (SSSR count). The van der Waals surface area contributed by atoms with E-state index in [4.69, 9.17) is 27.9 Å². The minimum Gasteiger partial charge on any atom is -0.484 e. The van der Waals surface area contributed by atoms with E-state index in [9.17, 15) is 4.79 Å². The fourth-order valence-corrected chi connectivity index (χ4v) is 3.40. The van der Waals surface area contributed by atoms with E-state index >= 15 is 0 Å². The molecule has 0 saturated heterocycles. The van der Waals surface area contributed by atoms with Crippen LogP contribution in [0.2, 0.25) is 10.0 Å². The summed E-state index contributed by atoms with van der Waals surface area (Å²) in [5.74, 6) is 2.23. The molecule has 6 heteroatoms. The summed E-state index contributed by atoms with van der Waals surface area (Å²) in [5.41, 5.74) is 3.06. The van der Waals surface area contributed by atoms with Crippen molar-refractivity contribution in [2.75, 3.05) is 18.9 Å². The lowest BCUT2D eigenvalue weighted by molar-refractivity contribution is -0.122. The molecule has 0 aromatic heterocycles. The van der Waals surface area contributed by atoms with Crippen molar-refractivity contribution in [3.8, 4) is 5.75 Å². The summed E-state index contributed by atoms with van der Waals surface area (Å²) in [4.78, 5) is 11.8. The average molecular weight is 398 g/mol. The Morgan fingerprint density at radius 1 is 1.16 bits per heavy atom. The third kappa shape index (κ3) is 6.81. The number of thioether (sulfide) groups is 1. The monoisotopic (exact) mass is 397 g/mol. The number of carbonyl (C=O) groups is 1. The first-order chi connectivity index (χ1) is 12.0. The summed E-state index contributed by atoms with van der Waals surface area (Å²) in [6.45, 7) is 4.43. The first kappa shape index (κ1) is 20.0. The van der Waals surface area contributed by atoms with Gasteiger partial charge in [-0.15, -0.1) is 0 Å². The van der Waals surface area contributed by atoms with Crippen molar-refractivity contribution in [2.24, 2.45) is 0 Å². The van der Waals surface area contributed by atoms with Crippen LogP contribution in [0.3, 0.4) is 0 Å². The summed E-state index contributed by atoms with van der Waals surface area (Å²) in [6.07, 6.45) is 0. The summed E-state index contributed by atoms with van der Waals surface area (Å²) in [5, 5.41) is 4.33. The number of carbonyl (C=O) groups excluding carboxylic acids is 1. The molecular weight excluding hydrogens is 377 g/mol. The number of rotatable bonds is 8. The normalized spacial score (nSPS) is 10.6. The highest BCUT2D eigenvalue weighted by atomic mass is 35.5. The van der Waals surface area contributed by atoms with E-state index in [1.165, 1.54) is 5.56 Å². The number of nitrogens with one attached hydrogen (secondary N) is 1. The largest absolute Gasteiger partial charge is 0.484 e. The van der Waals surface area contributed by atoms with Gasteiger partial charge >= 0.3 is 0 Å². The molecule has 134 valence electrons. The van der Waals surface area contributed by atoms with Gasteiger partial charge in [0.15, 0.2) is 6.61 Å². The number of ether oxygens (including phenoxy) is 1. The third-order valence-corrected chi connectivity index (χ3v) is 5.37. The molecule has 1 amide bonds. The van der Waals surface area contributed by atoms with Crippen molar-refractivity contribution in [1.29, 1.82) is 0 Å². The molecule has 0 atom stereocenters. The lowest BCUT2D eigenvalue weighted by atomic mass is 10.1. The quantitative estimate of drug-likeness (QED) is 0.634. The maximum atomic E-state index is 11.8. The lowest BCUT2D eigenvalue weighted by Crippen LogP contribution is -2.30. The van der Waals surface area contributed by atoms with Crippen molar-refractivity contribution in [1.82, 2.24) is 5.32 Å². The number of benzene rings is 2. The van der Waals surface area contributed by atoms with Crippen molar-refractivity contribution < 1.29 is 9.53 Å². The zero-order chi connectivity index (χ0) is 18.2. The van der Waals surface area contributed by atoms with E-state index in [-0.39, 0.29) is 12.5 Å². The predicted octanol–water partition coefficient (Wildman–Crippen LogP) is 5.04. The van der Waals surface area contributed by atoms with Gasteiger partial charge in [-0.3, -0.25) is 4.79 Å². The summed E-state index contributed by atoms with van der Waals surface area (Å²) in [7, 11) is 0. The van der Waals surface area contributed by atoms with Crippen LogP contribution in [-0.4, -0.2) is 24.8 Å². The Kier molecular flexibility index (Phi) is 7.94. The van der Waals surface area contributed by atoms with Crippen LogP contribution in [0.25, 0.3) is 0 Å². The molecule has 25 heavy (non-hydrogen) atoms. The number of hydrogen-bond acceptors (Lipinski definition) is 3. The molecule has 2 aromatic rings. The highest BCUT2D eigenvalue weighted by Crippen LogP contribution is 2.25. The average Bonchev–Trinajstić information content (AvgIpc) is 2.57. The van der Waals surface area contributed by atoms with E-state index in [0.717, 1.165) is 32.7 Å². The molecule has 0 spiro atoms. The molecular formula is C19H21Cl2NO2S. The van der Waals surface area contributed by atoms with E-state index in [1.807, 2.05) is 50.2 Å². The first-order valence-corrected chi connectivity index (χ1v) is 9.85. The summed E-state index contributed by atoms with van der Waals surface area (Å²) >= 11 is 13.8. The molecule has 0 saturated carbocycles. The van der Waals surface area contributed by atoms with Crippen molar-refractivity contribution in [2.45, 2.75) is 19.6 Å². The number of hydrogen-bond donors (Lipinski definition) is 1. The molecule has 3 nitrogen and oxygen atoms in total. The predicted molar refractivity (Wildman–Crippen MR) is 107 cm³/mol. The summed E-state index contributed by atoms with van der Waals surface area (Å²) < 4.78 is 5.53. The van der Waals surface area contributed by atoms with Gasteiger partial charge in [0, 0.05) is 28.1 Å². The molecule has 0 bridgehead atoms. The zero-order valence-electron chi connectivity index (χ0n) is 14.3. The fraction of sp³-hybridized carbons (Fsp3) is 0.316. The third-order valence-electron chi connectivity index (χ3n) is 3.51. The zero-order valence-corrected chi connectivity index (χ0v) is 16.6. The van der Waals surface area contributed by atoms with Gasteiger partial charge in [0.05, 0.1) is 0 Å². The topological polar surface area (TPSA) is 38.3 Å². The van der Waals surface area contributed by atoms with Crippen LogP contribution >= 0.6 is 35.0 Å². The Hall–Kier alpha value is -1.36. The minimum atomic E-state index is -0.131. The van der Waals surface area contributed by atoms with Gasteiger partial charge in [0.1, 0.15) is 5.75 Å². The SMILES string of the molecule is Cc1cc(OCC(=O)NCCSCc2cccc(Cl)c2)cc(C)c1Cl. The van der Waals surface area contributed by atoms with Gasteiger partial charge in [-0.25, -0.2) is 0 Å². The fourth-order valence-electron chi connectivity index (χ4n) is 2.27. The molecule has 0 radical (unpaired) electrons. The maximum absolute atomic E-state index is 11.8. The summed E-state index contributed by atoms with van der Waals surface area (Å²) in [6, 6.07) is 11.5. The van der Waals surface area contributed by atoms with Gasteiger partial charge < -0.3 is 10.1 Å². The van der Waals surface area contributed by atoms with Crippen molar-refractivity contribution in [3.63, 3.8) is 0 Å². The van der Waals surface area contributed by atoms with Gasteiger partial charge in [0.25, 0.3) is 5.91 Å². The van der Waals surface area contributed by atoms with Crippen molar-refractivity contribution >= 4 is 40.9 Å². The van der Waals surface area contributed by atoms with Crippen LogP contribution in [0.4, 0.5) is 0 Å². The number of aryl methyl sites for hydroxylation is 2. The molecule has 0 aliphatic rings. The van der Waals surface area contributed by atoms with Crippen LogP contribution in [0.1, 0.15) is 16.7 Å². The number of halogens is 2. The Balaban J connectivity index is 1.64. The van der Waals surface area contributed by atoms with Crippen LogP contribution in [-0.2, 0) is 10.5 Å². The second-order valence-corrected chi connectivity index (χ2v) is 7.61. The van der Waals surface area contributed by atoms with Gasteiger partial charge in [-0.1, -0.05) is 35.3 Å². The van der Waals surface area contributed by atoms with E-state index in [1.54, 1.807) is 11.8 Å². The van der Waals surface area contributed by atoms with Gasteiger partial charge in [-0.05, 0) is 54.8 Å². The number of amides is 1. The van der Waals surface area contributed by atoms with Crippen molar-refractivity contribution in [3.05, 3.63) is 63.1 Å². The molecule has 1 N–H and O–H groups in total. The van der Waals surface area contributed by atoms with E-state index in [0.29, 0.717) is 12.3 Å². The van der Waals surface area contributed by atoms with Gasteiger partial charge in [-0.2, -0.15) is 11.8 Å². The smallest absolute Gasteiger partial charge is 0.257 e. The molecule has 2 aromatic carbocycles. The molecule has 0 heterocycles. The van der Waals surface area contributed by atoms with Crippen LogP contribution in [0.5, 0.6) is 5.75 Å². The van der Waals surface area contributed by atoms with E-state index in [2.05, 4.69) is 5.32 Å². The highest BCUT2D eigenvalue weighted by molar-refractivity contribution is 7.98. The Bertz CT molecular complexity index is 714. The van der Waals surface area contributed by atoms with Gasteiger partial charge in [0.2, 0.25) is 0 Å². The minimum absolute atomic E-state index is 0.000524. The molecule has 0 aliphatic carbocycles. The van der Waals surface area contributed by atoms with Crippen LogP contribution in [0, 0.1) is 13.8 Å². The molecule has 0 fully saturated rings.